The Morgan fingerprint density at radius 3 is 2.79 bits per heavy atom. The molecule has 0 saturated carbocycles. The molecular weight excluding hydrogens is 348 g/mol. The molecule has 7 heteroatoms. The van der Waals surface area contributed by atoms with E-state index in [-0.39, 0.29) is 11.5 Å². The summed E-state index contributed by atoms with van der Waals surface area (Å²) in [5, 5.41) is 6.60. The molecule has 104 valence electrons. The third-order valence-corrected chi connectivity index (χ3v) is 5.60. The van der Waals surface area contributed by atoms with Crippen LogP contribution in [-0.4, -0.2) is 30.6 Å². The van der Waals surface area contributed by atoms with Crippen LogP contribution in [0.25, 0.3) is 0 Å². The number of sulfone groups is 1. The molecule has 0 spiro atoms. The summed E-state index contributed by atoms with van der Waals surface area (Å²) in [7, 11) is -2.94. The highest BCUT2D eigenvalue weighted by atomic mass is 79.9. The number of hydrogen-bond donors (Lipinski definition) is 2. The zero-order valence-electron chi connectivity index (χ0n) is 10.4. The highest BCUT2D eigenvalue weighted by molar-refractivity contribution is 9.10. The number of rotatable bonds is 2. The lowest BCUT2D eigenvalue weighted by molar-refractivity contribution is 0.474. The normalized spacial score (nSPS) is 24.9. The van der Waals surface area contributed by atoms with Crippen molar-refractivity contribution in [2.45, 2.75) is 18.9 Å². The van der Waals surface area contributed by atoms with Gasteiger partial charge in [-0.05, 0) is 43.8 Å². The van der Waals surface area contributed by atoms with Gasteiger partial charge in [0.05, 0.1) is 17.0 Å². The average Bonchev–Trinajstić information content (AvgIpc) is 2.52. The largest absolute Gasteiger partial charge is 0.356 e. The van der Waals surface area contributed by atoms with E-state index in [1.54, 1.807) is 0 Å². The van der Waals surface area contributed by atoms with Gasteiger partial charge >= 0.3 is 0 Å². The summed E-state index contributed by atoms with van der Waals surface area (Å²) in [5.41, 5.74) is 0.380. The van der Waals surface area contributed by atoms with Gasteiger partial charge in [0, 0.05) is 10.2 Å². The van der Waals surface area contributed by atoms with Crippen molar-refractivity contribution in [1.82, 2.24) is 5.32 Å². The van der Waals surface area contributed by atoms with E-state index in [0.717, 1.165) is 10.2 Å². The van der Waals surface area contributed by atoms with Gasteiger partial charge in [-0.15, -0.1) is 0 Å². The summed E-state index contributed by atoms with van der Waals surface area (Å²) in [4.78, 5) is 0. The fourth-order valence-electron chi connectivity index (χ4n) is 2.11. The topological polar surface area (TPSA) is 58.2 Å². The molecule has 0 radical (unpaired) electrons. The van der Waals surface area contributed by atoms with Crippen LogP contribution < -0.4 is 10.6 Å². The maximum atomic E-state index is 11.5. The zero-order chi connectivity index (χ0) is 14.1. The summed E-state index contributed by atoms with van der Waals surface area (Å²) < 4.78 is 24.0. The maximum absolute atomic E-state index is 11.5. The lowest BCUT2D eigenvalue weighted by Gasteiger charge is -2.26. The predicted octanol–water partition coefficient (Wildman–Crippen LogP) is 2.31. The first-order chi connectivity index (χ1) is 8.78. The molecular formula is C12H15BrN2O2S2. The molecule has 0 amide bonds. The minimum absolute atomic E-state index is 0.125. The van der Waals surface area contributed by atoms with Crippen molar-refractivity contribution >= 4 is 48.8 Å². The number of nitrogens with one attached hydrogen (secondary N) is 2. The Balaban J connectivity index is 1.99. The van der Waals surface area contributed by atoms with Crippen molar-refractivity contribution in [3.05, 3.63) is 28.7 Å². The van der Waals surface area contributed by atoms with Gasteiger partial charge < -0.3 is 10.6 Å². The first-order valence-electron chi connectivity index (χ1n) is 5.83. The Morgan fingerprint density at radius 2 is 2.21 bits per heavy atom. The van der Waals surface area contributed by atoms with Crippen LogP contribution in [0.15, 0.2) is 28.7 Å². The molecule has 0 aromatic heterocycles. The summed E-state index contributed by atoms with van der Waals surface area (Å²) in [6.07, 6.45) is 0.579. The standard InChI is InChI=1S/C12H15BrN2O2S2/c1-12(5-6-19(16,17)8-12)15-11(18)14-10-4-2-3-9(13)7-10/h2-4,7H,5-6,8H2,1H3,(H2,14,15,18)/t12-/m0/s1. The number of hydrogen-bond acceptors (Lipinski definition) is 3. The van der Waals surface area contributed by atoms with E-state index in [1.807, 2.05) is 31.2 Å². The summed E-state index contributed by atoms with van der Waals surface area (Å²) in [6, 6.07) is 7.62. The quantitative estimate of drug-likeness (QED) is 0.790. The van der Waals surface area contributed by atoms with Gasteiger partial charge in [-0.2, -0.15) is 0 Å². The summed E-state index contributed by atoms with van der Waals surface area (Å²) >= 11 is 8.61. The molecule has 1 heterocycles. The van der Waals surface area contributed by atoms with Crippen molar-refractivity contribution in [3.8, 4) is 0 Å². The van der Waals surface area contributed by atoms with E-state index >= 15 is 0 Å². The molecule has 1 fully saturated rings. The highest BCUT2D eigenvalue weighted by Gasteiger charge is 2.38. The van der Waals surface area contributed by atoms with Crippen LogP contribution in [0.1, 0.15) is 13.3 Å². The Morgan fingerprint density at radius 1 is 1.47 bits per heavy atom. The van der Waals surface area contributed by atoms with Gasteiger partial charge in [0.15, 0.2) is 14.9 Å². The van der Waals surface area contributed by atoms with Crippen LogP contribution in [0.4, 0.5) is 5.69 Å². The van der Waals surface area contributed by atoms with Crippen LogP contribution in [0.5, 0.6) is 0 Å². The third-order valence-electron chi connectivity index (χ3n) is 3.00. The second-order valence-corrected chi connectivity index (χ2v) is 8.50. The molecule has 0 bridgehead atoms. The fourth-order valence-corrected chi connectivity index (χ4v) is 4.97. The Bertz CT molecular complexity index is 604. The van der Waals surface area contributed by atoms with E-state index in [2.05, 4.69) is 26.6 Å². The number of benzene rings is 1. The average molecular weight is 363 g/mol. The van der Waals surface area contributed by atoms with E-state index < -0.39 is 15.4 Å². The lowest BCUT2D eigenvalue weighted by atomic mass is 10.0. The van der Waals surface area contributed by atoms with E-state index in [4.69, 9.17) is 12.2 Å². The molecule has 1 aliphatic heterocycles. The lowest BCUT2D eigenvalue weighted by Crippen LogP contribution is -2.48. The van der Waals surface area contributed by atoms with E-state index in [9.17, 15) is 8.42 Å². The first kappa shape index (κ1) is 14.7. The monoisotopic (exact) mass is 362 g/mol. The summed E-state index contributed by atoms with van der Waals surface area (Å²) in [6.45, 7) is 1.88. The van der Waals surface area contributed by atoms with Crippen LogP contribution in [0, 0.1) is 0 Å². The van der Waals surface area contributed by atoms with Crippen LogP contribution >= 0.6 is 28.1 Å². The van der Waals surface area contributed by atoms with Gasteiger partial charge in [0.2, 0.25) is 0 Å². The molecule has 4 nitrogen and oxygen atoms in total. The summed E-state index contributed by atoms with van der Waals surface area (Å²) in [5.74, 6) is 0.344. The molecule has 1 atom stereocenters. The SMILES string of the molecule is C[C@]1(NC(=S)Nc2cccc(Br)c2)CCS(=O)(=O)C1. The molecule has 2 N–H and O–H groups in total. The van der Waals surface area contributed by atoms with E-state index in [1.165, 1.54) is 0 Å². The molecule has 1 aromatic rings. The second kappa shape index (κ2) is 5.38. The van der Waals surface area contributed by atoms with Crippen molar-refractivity contribution in [3.63, 3.8) is 0 Å². The van der Waals surface area contributed by atoms with Crippen molar-refractivity contribution in [2.24, 2.45) is 0 Å². The number of thiocarbonyl (C=S) groups is 1. The molecule has 1 aliphatic rings. The van der Waals surface area contributed by atoms with Crippen molar-refractivity contribution in [1.29, 1.82) is 0 Å². The number of halogens is 1. The van der Waals surface area contributed by atoms with E-state index in [0.29, 0.717) is 11.5 Å². The zero-order valence-corrected chi connectivity index (χ0v) is 13.7. The third kappa shape index (κ3) is 4.15. The molecule has 1 aromatic carbocycles. The minimum atomic E-state index is -2.94. The van der Waals surface area contributed by atoms with Crippen LogP contribution in [0.2, 0.25) is 0 Å². The fraction of sp³-hybridized carbons (Fsp3) is 0.417. The van der Waals surface area contributed by atoms with Crippen molar-refractivity contribution in [2.75, 3.05) is 16.8 Å². The minimum Gasteiger partial charge on any atom is -0.356 e. The van der Waals surface area contributed by atoms with Gasteiger partial charge in [-0.3, -0.25) is 0 Å². The number of anilines is 1. The molecule has 19 heavy (non-hydrogen) atoms. The smallest absolute Gasteiger partial charge is 0.171 e. The Kier molecular flexibility index (Phi) is 4.17. The molecule has 1 saturated heterocycles. The van der Waals surface area contributed by atoms with Gasteiger partial charge in [-0.1, -0.05) is 22.0 Å². The molecule has 0 unspecified atom stereocenters. The Labute approximate surface area is 127 Å². The van der Waals surface area contributed by atoms with Gasteiger partial charge in [0.1, 0.15) is 0 Å². The highest BCUT2D eigenvalue weighted by Crippen LogP contribution is 2.23. The molecule has 2 rings (SSSR count). The maximum Gasteiger partial charge on any atom is 0.171 e. The van der Waals surface area contributed by atoms with Gasteiger partial charge in [-0.25, -0.2) is 8.42 Å². The van der Waals surface area contributed by atoms with Gasteiger partial charge in [0.25, 0.3) is 0 Å². The Hall–Kier alpha value is -0.660. The predicted molar refractivity (Wildman–Crippen MR) is 85.2 cm³/mol. The first-order valence-corrected chi connectivity index (χ1v) is 8.85. The van der Waals surface area contributed by atoms with Crippen molar-refractivity contribution < 1.29 is 8.42 Å². The van der Waals surface area contributed by atoms with Crippen LogP contribution in [0.3, 0.4) is 0 Å². The molecule has 0 aliphatic carbocycles. The van der Waals surface area contributed by atoms with Crippen LogP contribution in [-0.2, 0) is 9.84 Å². The second-order valence-electron chi connectivity index (χ2n) is 4.99.